The van der Waals surface area contributed by atoms with E-state index in [-0.39, 0.29) is 5.57 Å². The first-order chi connectivity index (χ1) is 11.7. The molecule has 0 aliphatic heterocycles. The standard InChI is InChI=1S/C16H12N6OS/c1-11-6-12(2-3-14(11)22-10-18-9-20-22)7-13(8-17)15(23)21-16-19-4-5-24-16/h2-7,9-10H,1H3,(H,19,21,23)/b13-7+. The van der Waals surface area contributed by atoms with Gasteiger partial charge in [-0.3, -0.25) is 10.1 Å². The van der Waals surface area contributed by atoms with Crippen LogP contribution in [0, 0.1) is 18.3 Å². The van der Waals surface area contributed by atoms with Crippen molar-refractivity contribution < 1.29 is 4.79 Å². The third-order valence-electron chi connectivity index (χ3n) is 3.22. The lowest BCUT2D eigenvalue weighted by Crippen LogP contribution is -2.13. The summed E-state index contributed by atoms with van der Waals surface area (Å²) in [5.74, 6) is -0.481. The highest BCUT2D eigenvalue weighted by atomic mass is 32.1. The van der Waals surface area contributed by atoms with Crippen molar-refractivity contribution in [1.29, 1.82) is 5.26 Å². The first kappa shape index (κ1) is 15.6. The summed E-state index contributed by atoms with van der Waals surface area (Å²) in [4.78, 5) is 20.0. The molecule has 1 amide bonds. The van der Waals surface area contributed by atoms with Crippen LogP contribution in [-0.4, -0.2) is 25.7 Å². The van der Waals surface area contributed by atoms with Gasteiger partial charge < -0.3 is 0 Å². The molecule has 3 rings (SSSR count). The zero-order valence-corrected chi connectivity index (χ0v) is 13.5. The maximum atomic E-state index is 12.1. The molecule has 0 aliphatic rings. The molecule has 2 heterocycles. The first-order valence-electron chi connectivity index (χ1n) is 6.95. The topological polar surface area (TPSA) is 96.5 Å². The van der Waals surface area contributed by atoms with Crippen LogP contribution in [0.5, 0.6) is 0 Å². The van der Waals surface area contributed by atoms with Crippen molar-refractivity contribution in [1.82, 2.24) is 19.7 Å². The smallest absolute Gasteiger partial charge is 0.268 e. The summed E-state index contributed by atoms with van der Waals surface area (Å²) < 4.78 is 1.66. The van der Waals surface area contributed by atoms with Gasteiger partial charge in [-0.05, 0) is 36.3 Å². The molecule has 0 spiro atoms. The predicted molar refractivity (Wildman–Crippen MR) is 90.4 cm³/mol. The summed E-state index contributed by atoms with van der Waals surface area (Å²) in [7, 11) is 0. The Morgan fingerprint density at radius 1 is 1.46 bits per heavy atom. The van der Waals surface area contributed by atoms with Gasteiger partial charge >= 0.3 is 0 Å². The molecule has 24 heavy (non-hydrogen) atoms. The van der Waals surface area contributed by atoms with Crippen molar-refractivity contribution in [3.8, 4) is 11.8 Å². The van der Waals surface area contributed by atoms with Gasteiger partial charge in [-0.25, -0.2) is 14.6 Å². The zero-order valence-electron chi connectivity index (χ0n) is 12.7. The summed E-state index contributed by atoms with van der Waals surface area (Å²) in [6.07, 6.45) is 6.20. The van der Waals surface area contributed by atoms with E-state index in [0.717, 1.165) is 16.8 Å². The Hall–Kier alpha value is -3.31. The monoisotopic (exact) mass is 336 g/mol. The van der Waals surface area contributed by atoms with Gasteiger partial charge in [0.2, 0.25) is 0 Å². The molecule has 0 atom stereocenters. The van der Waals surface area contributed by atoms with Gasteiger partial charge in [0.25, 0.3) is 5.91 Å². The van der Waals surface area contributed by atoms with Gasteiger partial charge in [-0.2, -0.15) is 10.4 Å². The number of nitrogens with one attached hydrogen (secondary N) is 1. The van der Waals surface area contributed by atoms with Crippen LogP contribution < -0.4 is 5.32 Å². The van der Waals surface area contributed by atoms with E-state index < -0.39 is 5.91 Å². The lowest BCUT2D eigenvalue weighted by atomic mass is 10.1. The fourth-order valence-corrected chi connectivity index (χ4v) is 2.65. The Labute approximate surface area is 141 Å². The number of nitriles is 1. The molecule has 118 valence electrons. The molecule has 0 aliphatic carbocycles. The Balaban J connectivity index is 1.85. The summed E-state index contributed by atoms with van der Waals surface area (Å²) in [5, 5.41) is 18.1. The van der Waals surface area contributed by atoms with Crippen LogP contribution in [0.15, 0.2) is 48.0 Å². The van der Waals surface area contributed by atoms with E-state index in [1.165, 1.54) is 17.7 Å². The number of rotatable bonds is 4. The van der Waals surface area contributed by atoms with Crippen LogP contribution in [0.1, 0.15) is 11.1 Å². The number of anilines is 1. The highest BCUT2D eigenvalue weighted by Gasteiger charge is 2.11. The minimum atomic E-state index is -0.481. The average molecular weight is 336 g/mol. The molecule has 7 nitrogen and oxygen atoms in total. The zero-order chi connectivity index (χ0) is 16.9. The van der Waals surface area contributed by atoms with Crippen molar-refractivity contribution in [3.63, 3.8) is 0 Å². The third-order valence-corrected chi connectivity index (χ3v) is 3.90. The molecule has 0 saturated heterocycles. The van der Waals surface area contributed by atoms with E-state index in [4.69, 9.17) is 0 Å². The molecule has 0 unspecified atom stereocenters. The molecule has 8 heteroatoms. The highest BCUT2D eigenvalue weighted by Crippen LogP contribution is 2.18. The number of hydrogen-bond donors (Lipinski definition) is 1. The summed E-state index contributed by atoms with van der Waals surface area (Å²) in [5.41, 5.74) is 2.60. The maximum absolute atomic E-state index is 12.1. The molecule has 0 bridgehead atoms. The van der Waals surface area contributed by atoms with Crippen molar-refractivity contribution in [3.05, 3.63) is 59.1 Å². The van der Waals surface area contributed by atoms with Crippen LogP contribution in [0.2, 0.25) is 0 Å². The van der Waals surface area contributed by atoms with Crippen LogP contribution in [0.25, 0.3) is 11.8 Å². The number of amides is 1. The molecular weight excluding hydrogens is 324 g/mol. The van der Waals surface area contributed by atoms with E-state index in [9.17, 15) is 10.1 Å². The second-order valence-corrected chi connectivity index (χ2v) is 5.74. The van der Waals surface area contributed by atoms with Crippen LogP contribution in [0.4, 0.5) is 5.13 Å². The number of carbonyl (C=O) groups is 1. The van der Waals surface area contributed by atoms with Gasteiger partial charge in [0.05, 0.1) is 5.69 Å². The quantitative estimate of drug-likeness (QED) is 0.583. The largest absolute Gasteiger partial charge is 0.297 e. The number of thiazole rings is 1. The average Bonchev–Trinajstić information content (AvgIpc) is 3.26. The van der Waals surface area contributed by atoms with Crippen molar-refractivity contribution >= 4 is 28.5 Å². The van der Waals surface area contributed by atoms with E-state index in [1.807, 2.05) is 31.2 Å². The third kappa shape index (κ3) is 3.37. The molecule has 1 N–H and O–H groups in total. The highest BCUT2D eigenvalue weighted by molar-refractivity contribution is 7.13. The lowest BCUT2D eigenvalue weighted by molar-refractivity contribution is -0.112. The van der Waals surface area contributed by atoms with Gasteiger partial charge in [-0.1, -0.05) is 6.07 Å². The fourth-order valence-electron chi connectivity index (χ4n) is 2.12. The Kier molecular flexibility index (Phi) is 4.45. The summed E-state index contributed by atoms with van der Waals surface area (Å²) in [6, 6.07) is 7.48. The molecule has 1 aromatic carbocycles. The van der Waals surface area contributed by atoms with Gasteiger partial charge in [0.15, 0.2) is 5.13 Å². The number of aryl methyl sites for hydroxylation is 1. The molecule has 0 radical (unpaired) electrons. The Morgan fingerprint density at radius 2 is 2.33 bits per heavy atom. The van der Waals surface area contributed by atoms with Crippen molar-refractivity contribution in [2.24, 2.45) is 0 Å². The van der Waals surface area contributed by atoms with Gasteiger partial charge in [-0.15, -0.1) is 11.3 Å². The van der Waals surface area contributed by atoms with E-state index in [1.54, 1.807) is 28.7 Å². The molecule has 3 aromatic rings. The maximum Gasteiger partial charge on any atom is 0.268 e. The van der Waals surface area contributed by atoms with Crippen LogP contribution in [0.3, 0.4) is 0 Å². The van der Waals surface area contributed by atoms with Gasteiger partial charge in [0.1, 0.15) is 24.3 Å². The number of benzene rings is 1. The second kappa shape index (κ2) is 6.85. The number of carbonyl (C=O) groups excluding carboxylic acids is 1. The first-order valence-corrected chi connectivity index (χ1v) is 7.83. The van der Waals surface area contributed by atoms with Crippen molar-refractivity contribution in [2.75, 3.05) is 5.32 Å². The van der Waals surface area contributed by atoms with Crippen molar-refractivity contribution in [2.45, 2.75) is 6.92 Å². The lowest BCUT2D eigenvalue weighted by Gasteiger charge is -2.06. The SMILES string of the molecule is Cc1cc(/C=C(\C#N)C(=O)Nc2nccs2)ccc1-n1cncn1. The molecule has 0 fully saturated rings. The number of aromatic nitrogens is 4. The Morgan fingerprint density at radius 3 is 2.96 bits per heavy atom. The van der Waals surface area contributed by atoms with Crippen LogP contribution in [-0.2, 0) is 4.79 Å². The minimum Gasteiger partial charge on any atom is -0.297 e. The van der Waals surface area contributed by atoms with E-state index in [0.29, 0.717) is 5.13 Å². The van der Waals surface area contributed by atoms with E-state index >= 15 is 0 Å². The Bertz CT molecular complexity index is 922. The summed E-state index contributed by atoms with van der Waals surface area (Å²) >= 11 is 1.29. The van der Waals surface area contributed by atoms with E-state index in [2.05, 4.69) is 20.4 Å². The van der Waals surface area contributed by atoms with Gasteiger partial charge in [0, 0.05) is 11.6 Å². The predicted octanol–water partition coefficient (Wildman–Crippen LogP) is 2.58. The molecule has 2 aromatic heterocycles. The summed E-state index contributed by atoms with van der Waals surface area (Å²) in [6.45, 7) is 1.93. The van der Waals surface area contributed by atoms with Crippen LogP contribution >= 0.6 is 11.3 Å². The normalized spacial score (nSPS) is 11.1. The molecule has 0 saturated carbocycles. The minimum absolute atomic E-state index is 0.0121. The number of nitrogens with zero attached hydrogens (tertiary/aromatic N) is 5. The fraction of sp³-hybridized carbons (Fsp3) is 0.0625. The second-order valence-electron chi connectivity index (χ2n) is 4.85. The number of hydrogen-bond acceptors (Lipinski definition) is 6. The molecular formula is C16H12N6OS.